The molecule has 5 rings (SSSR count). The van der Waals surface area contributed by atoms with E-state index in [1.807, 2.05) is 31.2 Å². The predicted molar refractivity (Wildman–Crippen MR) is 150 cm³/mol. The van der Waals surface area contributed by atoms with Crippen molar-refractivity contribution in [2.24, 2.45) is 0 Å². The molecule has 38 heavy (non-hydrogen) atoms. The third-order valence-electron chi connectivity index (χ3n) is 6.56. The first-order chi connectivity index (χ1) is 18.4. The summed E-state index contributed by atoms with van der Waals surface area (Å²) in [6.07, 6.45) is 6.39. The van der Waals surface area contributed by atoms with Crippen molar-refractivity contribution in [2.75, 3.05) is 11.9 Å². The summed E-state index contributed by atoms with van der Waals surface area (Å²) in [4.78, 5) is 47.4. The molecule has 0 fully saturated rings. The third kappa shape index (κ3) is 5.12. The minimum absolute atomic E-state index is 0.268. The van der Waals surface area contributed by atoms with Crippen LogP contribution in [0.5, 0.6) is 0 Å². The van der Waals surface area contributed by atoms with E-state index in [0.717, 1.165) is 65.6 Å². The van der Waals surface area contributed by atoms with Gasteiger partial charge in [0.15, 0.2) is 10.8 Å². The molecule has 1 aliphatic carbocycles. The van der Waals surface area contributed by atoms with Crippen molar-refractivity contribution < 1.29 is 14.3 Å². The van der Waals surface area contributed by atoms with Crippen LogP contribution >= 0.6 is 23.1 Å². The molecule has 0 aliphatic heterocycles. The highest BCUT2D eigenvalue weighted by atomic mass is 32.2. The molecule has 0 spiro atoms. The standard InChI is InChI=1S/C27H29N5O4S2/c1-4-36-26(35)21-17-11-6-5-7-13-20(17)38-25(21)30-23(33)16(3)37-27-29-22-18(24(34)31-27)14-28-32(22)19-12-9-8-10-15(19)2/h8-10,12,14,16H,4-7,11,13H2,1-3H3,(H,30,33)(H,29,31,34). The highest BCUT2D eigenvalue weighted by Gasteiger charge is 2.28. The summed E-state index contributed by atoms with van der Waals surface area (Å²) in [5.74, 6) is -0.685. The number of rotatable bonds is 7. The van der Waals surface area contributed by atoms with E-state index >= 15 is 0 Å². The van der Waals surface area contributed by atoms with Gasteiger partial charge in [-0.3, -0.25) is 9.59 Å². The van der Waals surface area contributed by atoms with E-state index in [1.165, 1.54) is 17.5 Å². The number of esters is 1. The first-order valence-corrected chi connectivity index (χ1v) is 14.4. The molecule has 9 nitrogen and oxygen atoms in total. The molecule has 2 N–H and O–H groups in total. The number of nitrogens with one attached hydrogen (secondary N) is 2. The summed E-state index contributed by atoms with van der Waals surface area (Å²) in [6.45, 7) is 5.75. The van der Waals surface area contributed by atoms with Crippen LogP contribution in [0.1, 0.15) is 59.5 Å². The maximum absolute atomic E-state index is 13.2. The molecular weight excluding hydrogens is 522 g/mol. The molecule has 0 radical (unpaired) electrons. The Bertz CT molecular complexity index is 1570. The summed E-state index contributed by atoms with van der Waals surface area (Å²) >= 11 is 2.60. The van der Waals surface area contributed by atoms with Crippen molar-refractivity contribution in [2.45, 2.75) is 63.3 Å². The van der Waals surface area contributed by atoms with Crippen LogP contribution in [0, 0.1) is 6.92 Å². The van der Waals surface area contributed by atoms with Crippen molar-refractivity contribution in [1.29, 1.82) is 0 Å². The Labute approximate surface area is 228 Å². The average Bonchev–Trinajstić information content (AvgIpc) is 3.38. The van der Waals surface area contributed by atoms with Gasteiger partial charge in [0.05, 0.1) is 29.3 Å². The number of aromatic amines is 1. The van der Waals surface area contributed by atoms with Gasteiger partial charge in [-0.25, -0.2) is 14.5 Å². The first-order valence-electron chi connectivity index (χ1n) is 12.7. The second-order valence-corrected chi connectivity index (χ2v) is 11.6. The number of thiophene rings is 1. The number of amides is 1. The zero-order chi connectivity index (χ0) is 26.8. The number of carbonyl (C=O) groups is 2. The Morgan fingerprint density at radius 3 is 2.82 bits per heavy atom. The highest BCUT2D eigenvalue weighted by molar-refractivity contribution is 8.00. The number of fused-ring (bicyclic) bond motifs is 2. The molecule has 1 amide bonds. The number of nitrogens with zero attached hydrogens (tertiary/aromatic N) is 3. The van der Waals surface area contributed by atoms with Crippen LogP contribution in [0.25, 0.3) is 16.7 Å². The van der Waals surface area contributed by atoms with Gasteiger partial charge >= 0.3 is 5.97 Å². The number of hydrogen-bond donors (Lipinski definition) is 2. The molecule has 11 heteroatoms. The Kier molecular flexibility index (Phi) is 7.66. The molecular formula is C27H29N5O4S2. The maximum atomic E-state index is 13.2. The fraction of sp³-hybridized carbons (Fsp3) is 0.370. The van der Waals surface area contributed by atoms with Gasteiger partial charge in [0, 0.05) is 4.88 Å². The second-order valence-electron chi connectivity index (χ2n) is 9.19. The first kappa shape index (κ1) is 26.2. The minimum atomic E-state index is -0.595. The SMILES string of the molecule is CCOC(=O)c1c(NC(=O)C(C)Sc2nc3c(cnn3-c3ccccc3C)c(=O)[nH]2)sc2c1CCCCC2. The number of hydrogen-bond acceptors (Lipinski definition) is 8. The number of thioether (sulfide) groups is 1. The number of anilines is 1. The second kappa shape index (κ2) is 11.1. The van der Waals surface area contributed by atoms with Crippen LogP contribution < -0.4 is 10.9 Å². The monoisotopic (exact) mass is 551 g/mol. The Balaban J connectivity index is 1.40. The number of carbonyl (C=O) groups excluding carboxylic acids is 2. The van der Waals surface area contributed by atoms with E-state index in [1.54, 1.807) is 18.5 Å². The quantitative estimate of drug-likeness (QED) is 0.143. The lowest BCUT2D eigenvalue weighted by molar-refractivity contribution is -0.115. The molecule has 3 aromatic heterocycles. The maximum Gasteiger partial charge on any atom is 0.341 e. The zero-order valence-corrected chi connectivity index (χ0v) is 23.1. The van der Waals surface area contributed by atoms with E-state index in [2.05, 4.69) is 20.4 Å². The van der Waals surface area contributed by atoms with Crippen molar-refractivity contribution in [3.05, 3.63) is 62.4 Å². The molecule has 3 heterocycles. The molecule has 1 unspecified atom stereocenters. The largest absolute Gasteiger partial charge is 0.462 e. The lowest BCUT2D eigenvalue weighted by Crippen LogP contribution is -2.24. The summed E-state index contributed by atoms with van der Waals surface area (Å²) in [5.41, 5.74) is 3.40. The van der Waals surface area contributed by atoms with Crippen LogP contribution in [0.3, 0.4) is 0 Å². The number of H-pyrrole nitrogens is 1. The van der Waals surface area contributed by atoms with Gasteiger partial charge in [-0.1, -0.05) is 36.4 Å². The van der Waals surface area contributed by atoms with Crippen molar-refractivity contribution in [3.8, 4) is 5.69 Å². The number of ether oxygens (including phenoxy) is 1. The molecule has 1 atom stereocenters. The van der Waals surface area contributed by atoms with Crippen LogP contribution in [0.15, 0.2) is 40.4 Å². The van der Waals surface area contributed by atoms with Gasteiger partial charge in [0.25, 0.3) is 5.56 Å². The summed E-state index contributed by atoms with van der Waals surface area (Å²) in [7, 11) is 0. The number of aryl methyl sites for hydroxylation is 2. The van der Waals surface area contributed by atoms with Crippen molar-refractivity contribution >= 4 is 51.0 Å². The lowest BCUT2D eigenvalue weighted by atomic mass is 10.1. The molecule has 0 saturated carbocycles. The molecule has 1 aromatic carbocycles. The Morgan fingerprint density at radius 2 is 2.03 bits per heavy atom. The van der Waals surface area contributed by atoms with Crippen molar-refractivity contribution in [1.82, 2.24) is 19.7 Å². The smallest absolute Gasteiger partial charge is 0.341 e. The summed E-state index contributed by atoms with van der Waals surface area (Å²) in [5, 5.41) is 7.96. The molecule has 1 aliphatic rings. The summed E-state index contributed by atoms with van der Waals surface area (Å²) < 4.78 is 6.97. The van der Waals surface area contributed by atoms with E-state index in [9.17, 15) is 14.4 Å². The van der Waals surface area contributed by atoms with Crippen LogP contribution in [0.2, 0.25) is 0 Å². The fourth-order valence-electron chi connectivity index (χ4n) is 4.62. The average molecular weight is 552 g/mol. The van der Waals surface area contributed by atoms with Crippen LogP contribution in [0.4, 0.5) is 5.00 Å². The van der Waals surface area contributed by atoms with Gasteiger partial charge in [-0.2, -0.15) is 5.10 Å². The molecule has 198 valence electrons. The van der Waals surface area contributed by atoms with Gasteiger partial charge < -0.3 is 15.0 Å². The molecule has 4 aromatic rings. The third-order valence-corrected chi connectivity index (χ3v) is 8.75. The van der Waals surface area contributed by atoms with E-state index in [0.29, 0.717) is 26.8 Å². The Morgan fingerprint density at radius 1 is 1.24 bits per heavy atom. The number of aromatic nitrogens is 4. The molecule has 0 saturated heterocycles. The predicted octanol–water partition coefficient (Wildman–Crippen LogP) is 5.04. The van der Waals surface area contributed by atoms with E-state index in [4.69, 9.17) is 4.74 Å². The van der Waals surface area contributed by atoms with Crippen LogP contribution in [-0.4, -0.2) is 43.5 Å². The minimum Gasteiger partial charge on any atom is -0.462 e. The van der Waals surface area contributed by atoms with E-state index in [-0.39, 0.29) is 18.1 Å². The van der Waals surface area contributed by atoms with E-state index < -0.39 is 11.2 Å². The summed E-state index contributed by atoms with van der Waals surface area (Å²) in [6, 6.07) is 7.72. The lowest BCUT2D eigenvalue weighted by Gasteiger charge is -2.12. The topological polar surface area (TPSA) is 119 Å². The van der Waals surface area contributed by atoms with Crippen LogP contribution in [-0.2, 0) is 22.4 Å². The van der Waals surface area contributed by atoms with Gasteiger partial charge in [-0.05, 0) is 63.6 Å². The zero-order valence-electron chi connectivity index (χ0n) is 21.5. The van der Waals surface area contributed by atoms with Gasteiger partial charge in [0.2, 0.25) is 5.91 Å². The normalized spacial score (nSPS) is 14.1. The fourth-order valence-corrected chi connectivity index (χ4v) is 6.69. The number of para-hydroxylation sites is 1. The van der Waals surface area contributed by atoms with Crippen molar-refractivity contribution in [3.63, 3.8) is 0 Å². The highest BCUT2D eigenvalue weighted by Crippen LogP contribution is 2.38. The van der Waals surface area contributed by atoms with Gasteiger partial charge in [0.1, 0.15) is 10.4 Å². The van der Waals surface area contributed by atoms with Gasteiger partial charge in [-0.15, -0.1) is 11.3 Å². The molecule has 0 bridgehead atoms. The Hall–Kier alpha value is -3.44. The number of benzene rings is 1.